The Hall–Kier alpha value is -0.920. The number of nitrogens with two attached hydrogens (primary N) is 1. The molecule has 2 N–H and O–H groups in total. The summed E-state index contributed by atoms with van der Waals surface area (Å²) >= 11 is 0. The Morgan fingerprint density at radius 1 is 1.62 bits per heavy atom. The normalized spacial score (nSPS) is 16.9. The fourth-order valence-corrected chi connectivity index (χ4v) is 2.90. The lowest BCUT2D eigenvalue weighted by Gasteiger charge is -2.14. The molecule has 0 amide bonds. The van der Waals surface area contributed by atoms with E-state index in [1.54, 1.807) is 11.7 Å². The number of sulfonamides is 1. The van der Waals surface area contributed by atoms with Gasteiger partial charge in [0.25, 0.3) is 0 Å². The largest absolute Gasteiger partial charge is 0.329 e. The van der Waals surface area contributed by atoms with Crippen molar-refractivity contribution in [1.82, 2.24) is 14.1 Å². The summed E-state index contributed by atoms with van der Waals surface area (Å²) in [6, 6.07) is 0.169. The summed E-state index contributed by atoms with van der Waals surface area (Å²) in [4.78, 5) is 0.246. The van der Waals surface area contributed by atoms with Crippen LogP contribution < -0.4 is 5.73 Å². The summed E-state index contributed by atoms with van der Waals surface area (Å²) in [7, 11) is -1.75. The quantitative estimate of drug-likeness (QED) is 0.766. The van der Waals surface area contributed by atoms with E-state index in [-0.39, 0.29) is 10.9 Å². The van der Waals surface area contributed by atoms with Crippen LogP contribution in [0.1, 0.15) is 12.8 Å². The minimum atomic E-state index is -3.36. The van der Waals surface area contributed by atoms with E-state index in [1.807, 2.05) is 0 Å². The predicted molar refractivity (Wildman–Crippen MR) is 59.3 cm³/mol. The molecule has 1 aromatic rings. The van der Waals surface area contributed by atoms with Gasteiger partial charge in [0.2, 0.25) is 10.0 Å². The fourth-order valence-electron chi connectivity index (χ4n) is 1.53. The van der Waals surface area contributed by atoms with Gasteiger partial charge in [0, 0.05) is 25.8 Å². The van der Waals surface area contributed by atoms with Crippen molar-refractivity contribution >= 4 is 10.0 Å². The maximum atomic E-state index is 12.1. The van der Waals surface area contributed by atoms with Gasteiger partial charge < -0.3 is 5.73 Å². The SMILES string of the molecule is CN(C1CC1)S(=O)(=O)c1cnn(CCN)c1. The van der Waals surface area contributed by atoms with Crippen LogP contribution in [0, 0.1) is 0 Å². The molecule has 1 aromatic heterocycles. The first kappa shape index (κ1) is 11.6. The Bertz CT molecular complexity index is 464. The molecule has 7 heteroatoms. The fraction of sp³-hybridized carbons (Fsp3) is 0.667. The van der Waals surface area contributed by atoms with Gasteiger partial charge in [0.15, 0.2) is 0 Å². The summed E-state index contributed by atoms with van der Waals surface area (Å²) in [6.07, 6.45) is 4.81. The first-order chi connectivity index (χ1) is 7.55. The van der Waals surface area contributed by atoms with Crippen molar-refractivity contribution < 1.29 is 8.42 Å². The standard InChI is InChI=1S/C9H16N4O2S/c1-12(8-2-3-8)16(14,15)9-6-11-13(7-9)5-4-10/h6-8H,2-5,10H2,1H3. The Balaban J connectivity index is 2.21. The molecule has 0 aromatic carbocycles. The summed E-state index contributed by atoms with van der Waals surface area (Å²) in [5, 5.41) is 3.97. The van der Waals surface area contributed by atoms with Crippen LogP contribution in [-0.2, 0) is 16.6 Å². The lowest BCUT2D eigenvalue weighted by molar-refractivity contribution is 0.464. The smallest absolute Gasteiger partial charge is 0.246 e. The lowest BCUT2D eigenvalue weighted by atomic mass is 10.6. The number of aromatic nitrogens is 2. The van der Waals surface area contributed by atoms with Gasteiger partial charge in [-0.1, -0.05) is 0 Å². The highest BCUT2D eigenvalue weighted by Gasteiger charge is 2.35. The summed E-state index contributed by atoms with van der Waals surface area (Å²) in [5.74, 6) is 0. The van der Waals surface area contributed by atoms with E-state index < -0.39 is 10.0 Å². The van der Waals surface area contributed by atoms with Crippen molar-refractivity contribution in [2.45, 2.75) is 30.3 Å². The van der Waals surface area contributed by atoms with Gasteiger partial charge >= 0.3 is 0 Å². The van der Waals surface area contributed by atoms with Gasteiger partial charge in [0.05, 0.1) is 12.7 Å². The van der Waals surface area contributed by atoms with Gasteiger partial charge in [0.1, 0.15) is 4.90 Å². The van der Waals surface area contributed by atoms with Crippen LogP contribution in [0.2, 0.25) is 0 Å². The first-order valence-electron chi connectivity index (χ1n) is 5.26. The van der Waals surface area contributed by atoms with E-state index in [0.29, 0.717) is 13.1 Å². The lowest BCUT2D eigenvalue weighted by Crippen LogP contribution is -2.28. The molecule has 0 aliphatic heterocycles. The Morgan fingerprint density at radius 2 is 2.31 bits per heavy atom. The third-order valence-electron chi connectivity index (χ3n) is 2.71. The van der Waals surface area contributed by atoms with E-state index in [9.17, 15) is 8.42 Å². The maximum Gasteiger partial charge on any atom is 0.246 e. The second kappa shape index (κ2) is 4.15. The topological polar surface area (TPSA) is 81.2 Å². The molecule has 1 aliphatic carbocycles. The number of hydrogen-bond acceptors (Lipinski definition) is 4. The van der Waals surface area contributed by atoms with E-state index in [2.05, 4.69) is 5.10 Å². The second-order valence-corrected chi connectivity index (χ2v) is 5.98. The van der Waals surface area contributed by atoms with Gasteiger partial charge in [-0.25, -0.2) is 8.42 Å². The molecule has 0 saturated heterocycles. The molecule has 1 heterocycles. The monoisotopic (exact) mass is 244 g/mol. The van der Waals surface area contributed by atoms with Crippen LogP contribution in [0.3, 0.4) is 0 Å². The van der Waals surface area contributed by atoms with Crippen molar-refractivity contribution in [2.24, 2.45) is 5.73 Å². The second-order valence-electron chi connectivity index (χ2n) is 3.98. The molecular weight excluding hydrogens is 228 g/mol. The molecule has 2 rings (SSSR count). The minimum Gasteiger partial charge on any atom is -0.329 e. The molecule has 1 aliphatic rings. The highest BCUT2D eigenvalue weighted by atomic mass is 32.2. The number of rotatable bonds is 5. The summed E-state index contributed by atoms with van der Waals surface area (Å²) < 4.78 is 27.1. The van der Waals surface area contributed by atoms with Crippen LogP contribution in [0.5, 0.6) is 0 Å². The zero-order valence-corrected chi connectivity index (χ0v) is 10.0. The molecule has 1 saturated carbocycles. The molecule has 16 heavy (non-hydrogen) atoms. The van der Waals surface area contributed by atoms with Crippen molar-refractivity contribution in [3.63, 3.8) is 0 Å². The van der Waals surface area contributed by atoms with E-state index in [0.717, 1.165) is 12.8 Å². The van der Waals surface area contributed by atoms with Gasteiger partial charge in [-0.05, 0) is 12.8 Å². The molecule has 0 radical (unpaired) electrons. The number of hydrogen-bond donors (Lipinski definition) is 1. The Morgan fingerprint density at radius 3 is 2.88 bits per heavy atom. The molecule has 1 fully saturated rings. The summed E-state index contributed by atoms with van der Waals surface area (Å²) in [6.45, 7) is 0.974. The van der Waals surface area contributed by atoms with Crippen LogP contribution in [0.25, 0.3) is 0 Å². The summed E-state index contributed by atoms with van der Waals surface area (Å²) in [5.41, 5.74) is 5.38. The van der Waals surface area contributed by atoms with E-state index in [1.165, 1.54) is 16.7 Å². The van der Waals surface area contributed by atoms with Crippen molar-refractivity contribution in [1.29, 1.82) is 0 Å². The Kier molecular flexibility index (Phi) is 3.00. The third-order valence-corrected chi connectivity index (χ3v) is 4.57. The molecule has 90 valence electrons. The zero-order valence-electron chi connectivity index (χ0n) is 9.20. The number of nitrogens with zero attached hydrogens (tertiary/aromatic N) is 3. The van der Waals surface area contributed by atoms with Crippen molar-refractivity contribution in [3.05, 3.63) is 12.4 Å². The van der Waals surface area contributed by atoms with Gasteiger partial charge in [-0.2, -0.15) is 9.40 Å². The molecule has 0 unspecified atom stereocenters. The minimum absolute atomic E-state index is 0.169. The molecule has 0 bridgehead atoms. The molecule has 6 nitrogen and oxygen atoms in total. The molecule has 0 atom stereocenters. The maximum absolute atomic E-state index is 12.1. The zero-order chi connectivity index (χ0) is 11.8. The highest BCUT2D eigenvalue weighted by molar-refractivity contribution is 7.89. The Labute approximate surface area is 95.1 Å². The average molecular weight is 244 g/mol. The van der Waals surface area contributed by atoms with Crippen molar-refractivity contribution in [2.75, 3.05) is 13.6 Å². The third kappa shape index (κ3) is 2.11. The van der Waals surface area contributed by atoms with Crippen molar-refractivity contribution in [3.8, 4) is 0 Å². The van der Waals surface area contributed by atoms with E-state index in [4.69, 9.17) is 5.73 Å². The van der Waals surface area contributed by atoms with Crippen LogP contribution >= 0.6 is 0 Å². The van der Waals surface area contributed by atoms with Crippen LogP contribution in [-0.4, -0.2) is 42.1 Å². The molecular formula is C9H16N4O2S. The predicted octanol–water partition coefficient (Wildman–Crippen LogP) is -0.375. The molecule has 0 spiro atoms. The van der Waals surface area contributed by atoms with E-state index >= 15 is 0 Å². The van der Waals surface area contributed by atoms with Crippen LogP contribution in [0.4, 0.5) is 0 Å². The average Bonchev–Trinajstić information content (AvgIpc) is 2.98. The van der Waals surface area contributed by atoms with Gasteiger partial charge in [-0.3, -0.25) is 4.68 Å². The first-order valence-corrected chi connectivity index (χ1v) is 6.70. The van der Waals surface area contributed by atoms with Crippen LogP contribution in [0.15, 0.2) is 17.3 Å². The van der Waals surface area contributed by atoms with Gasteiger partial charge in [-0.15, -0.1) is 0 Å². The highest BCUT2D eigenvalue weighted by Crippen LogP contribution is 2.30.